The van der Waals surface area contributed by atoms with Crippen LogP contribution in [0.4, 0.5) is 0 Å². The molecule has 0 amide bonds. The molecule has 0 aliphatic rings. The predicted octanol–water partition coefficient (Wildman–Crippen LogP) is 2.42. The molecule has 2 N–H and O–H groups in total. The Bertz CT molecular complexity index is 940. The van der Waals surface area contributed by atoms with E-state index in [1.807, 2.05) is 36.4 Å². The first-order chi connectivity index (χ1) is 9.72. The Hall–Kier alpha value is -2.30. The second-order valence-electron chi connectivity index (χ2n) is 4.93. The van der Waals surface area contributed by atoms with Gasteiger partial charge in [-0.2, -0.15) is 0 Å². The summed E-state index contributed by atoms with van der Waals surface area (Å²) < 4.78 is 5.84. The van der Waals surface area contributed by atoms with Crippen LogP contribution in [-0.4, -0.2) is 17.2 Å². The summed E-state index contributed by atoms with van der Waals surface area (Å²) in [7, 11) is -1.45. The number of benzene rings is 3. The van der Waals surface area contributed by atoms with Gasteiger partial charge in [0.05, 0.1) is 0 Å². The number of para-hydroxylation sites is 1. The fourth-order valence-corrected chi connectivity index (χ4v) is 2.65. The monoisotopic (exact) mass is 262 g/mol. The summed E-state index contributed by atoms with van der Waals surface area (Å²) in [6.07, 6.45) is 0. The van der Waals surface area contributed by atoms with Crippen LogP contribution in [0.5, 0.6) is 0 Å². The average molecular weight is 262 g/mol. The molecular formula is C16H11BO3. The third-order valence-electron chi connectivity index (χ3n) is 3.66. The lowest BCUT2D eigenvalue weighted by molar-refractivity contribution is 0.426. The molecule has 0 saturated heterocycles. The molecule has 4 rings (SSSR count). The van der Waals surface area contributed by atoms with Gasteiger partial charge in [0.15, 0.2) is 0 Å². The van der Waals surface area contributed by atoms with Crippen molar-refractivity contribution in [3.63, 3.8) is 0 Å². The lowest BCUT2D eigenvalue weighted by Gasteiger charge is -2.02. The van der Waals surface area contributed by atoms with Gasteiger partial charge in [0, 0.05) is 10.8 Å². The Morgan fingerprint density at radius 3 is 2.45 bits per heavy atom. The van der Waals surface area contributed by atoms with Crippen molar-refractivity contribution >= 4 is 45.3 Å². The molecule has 0 aliphatic heterocycles. The average Bonchev–Trinajstić information content (AvgIpc) is 2.81. The molecule has 4 heteroatoms. The van der Waals surface area contributed by atoms with Gasteiger partial charge in [0.2, 0.25) is 0 Å². The molecule has 3 nitrogen and oxygen atoms in total. The summed E-state index contributed by atoms with van der Waals surface area (Å²) in [5, 5.41) is 22.6. The molecule has 20 heavy (non-hydrogen) atoms. The van der Waals surface area contributed by atoms with E-state index in [0.29, 0.717) is 5.46 Å². The van der Waals surface area contributed by atoms with Gasteiger partial charge in [-0.15, -0.1) is 0 Å². The first kappa shape index (κ1) is 11.5. The summed E-state index contributed by atoms with van der Waals surface area (Å²) >= 11 is 0. The first-order valence-corrected chi connectivity index (χ1v) is 6.43. The Labute approximate surface area is 115 Å². The summed E-state index contributed by atoms with van der Waals surface area (Å²) in [6.45, 7) is 0. The quantitative estimate of drug-likeness (QED) is 0.518. The van der Waals surface area contributed by atoms with Crippen LogP contribution in [0.25, 0.3) is 32.7 Å². The van der Waals surface area contributed by atoms with E-state index < -0.39 is 7.12 Å². The van der Waals surface area contributed by atoms with Gasteiger partial charge >= 0.3 is 7.12 Å². The minimum absolute atomic E-state index is 0.480. The summed E-state index contributed by atoms with van der Waals surface area (Å²) in [5.74, 6) is 0. The number of furan rings is 1. The molecular weight excluding hydrogens is 251 g/mol. The first-order valence-electron chi connectivity index (χ1n) is 6.43. The smallest absolute Gasteiger partial charge is 0.456 e. The lowest BCUT2D eigenvalue weighted by Crippen LogP contribution is -2.29. The molecule has 0 unspecified atom stereocenters. The normalized spacial score (nSPS) is 11.5. The Morgan fingerprint density at radius 1 is 0.750 bits per heavy atom. The SMILES string of the molecule is OB(O)c1ccc2cc3c(cc2c1)oc1ccccc13. The fourth-order valence-electron chi connectivity index (χ4n) is 2.65. The van der Waals surface area contributed by atoms with Crippen LogP contribution in [0.15, 0.2) is 59.0 Å². The van der Waals surface area contributed by atoms with Crippen LogP contribution in [0.2, 0.25) is 0 Å². The minimum Gasteiger partial charge on any atom is -0.456 e. The Morgan fingerprint density at radius 2 is 1.60 bits per heavy atom. The molecule has 0 saturated carbocycles. The minimum atomic E-state index is -1.45. The largest absolute Gasteiger partial charge is 0.488 e. The maximum Gasteiger partial charge on any atom is 0.488 e. The highest BCUT2D eigenvalue weighted by molar-refractivity contribution is 6.58. The zero-order chi connectivity index (χ0) is 13.7. The second kappa shape index (κ2) is 4.10. The molecule has 0 radical (unpaired) electrons. The zero-order valence-electron chi connectivity index (χ0n) is 10.6. The molecule has 1 aromatic heterocycles. The summed E-state index contributed by atoms with van der Waals surface area (Å²) in [4.78, 5) is 0. The zero-order valence-corrected chi connectivity index (χ0v) is 10.6. The lowest BCUT2D eigenvalue weighted by atomic mass is 9.79. The van der Waals surface area contributed by atoms with Gasteiger partial charge in [0.25, 0.3) is 0 Å². The number of hydrogen-bond donors (Lipinski definition) is 2. The van der Waals surface area contributed by atoms with E-state index in [9.17, 15) is 10.0 Å². The molecule has 4 aromatic rings. The van der Waals surface area contributed by atoms with Gasteiger partial charge in [-0.05, 0) is 34.4 Å². The van der Waals surface area contributed by atoms with Gasteiger partial charge in [0.1, 0.15) is 11.2 Å². The van der Waals surface area contributed by atoms with E-state index in [0.717, 1.165) is 32.7 Å². The van der Waals surface area contributed by atoms with Gasteiger partial charge in [-0.25, -0.2) is 0 Å². The van der Waals surface area contributed by atoms with Gasteiger partial charge in [-0.1, -0.05) is 36.4 Å². The molecule has 96 valence electrons. The van der Waals surface area contributed by atoms with Crippen LogP contribution in [0, 0.1) is 0 Å². The van der Waals surface area contributed by atoms with Crippen molar-refractivity contribution in [2.24, 2.45) is 0 Å². The van der Waals surface area contributed by atoms with Gasteiger partial charge < -0.3 is 14.5 Å². The van der Waals surface area contributed by atoms with Crippen LogP contribution in [0.3, 0.4) is 0 Å². The van der Waals surface area contributed by atoms with Gasteiger partial charge in [-0.3, -0.25) is 0 Å². The summed E-state index contributed by atoms with van der Waals surface area (Å²) in [5.41, 5.74) is 2.15. The van der Waals surface area contributed by atoms with E-state index in [1.54, 1.807) is 12.1 Å². The molecule has 3 aromatic carbocycles. The van der Waals surface area contributed by atoms with Crippen molar-refractivity contribution < 1.29 is 14.5 Å². The van der Waals surface area contributed by atoms with Crippen molar-refractivity contribution in [1.82, 2.24) is 0 Å². The number of rotatable bonds is 1. The third kappa shape index (κ3) is 1.63. The molecule has 0 atom stereocenters. The molecule has 1 heterocycles. The van der Waals surface area contributed by atoms with E-state index in [2.05, 4.69) is 6.07 Å². The van der Waals surface area contributed by atoms with E-state index in [4.69, 9.17) is 4.42 Å². The van der Waals surface area contributed by atoms with Crippen molar-refractivity contribution in [1.29, 1.82) is 0 Å². The summed E-state index contributed by atoms with van der Waals surface area (Å²) in [6, 6.07) is 17.3. The van der Waals surface area contributed by atoms with E-state index in [-0.39, 0.29) is 0 Å². The fraction of sp³-hybridized carbons (Fsp3) is 0. The topological polar surface area (TPSA) is 53.6 Å². The number of hydrogen-bond acceptors (Lipinski definition) is 3. The Balaban J connectivity index is 2.09. The standard InChI is InChI=1S/C16H11BO3/c18-17(19)12-6-5-10-8-14-13-3-1-2-4-15(13)20-16(14)9-11(10)7-12/h1-9,18-19H. The highest BCUT2D eigenvalue weighted by Gasteiger charge is 2.12. The van der Waals surface area contributed by atoms with Crippen molar-refractivity contribution in [2.75, 3.05) is 0 Å². The van der Waals surface area contributed by atoms with Crippen molar-refractivity contribution in [3.8, 4) is 0 Å². The maximum absolute atomic E-state index is 9.24. The van der Waals surface area contributed by atoms with Crippen molar-refractivity contribution in [3.05, 3.63) is 54.6 Å². The maximum atomic E-state index is 9.24. The molecule has 0 fully saturated rings. The molecule has 0 spiro atoms. The van der Waals surface area contributed by atoms with Crippen LogP contribution >= 0.6 is 0 Å². The predicted molar refractivity (Wildman–Crippen MR) is 81.1 cm³/mol. The van der Waals surface area contributed by atoms with E-state index in [1.165, 1.54) is 0 Å². The van der Waals surface area contributed by atoms with Crippen LogP contribution in [-0.2, 0) is 0 Å². The number of fused-ring (bicyclic) bond motifs is 4. The Kier molecular flexibility index (Phi) is 2.36. The van der Waals surface area contributed by atoms with E-state index >= 15 is 0 Å². The third-order valence-corrected chi connectivity index (χ3v) is 3.66. The van der Waals surface area contributed by atoms with Crippen LogP contribution < -0.4 is 5.46 Å². The molecule has 0 bridgehead atoms. The second-order valence-corrected chi connectivity index (χ2v) is 4.93. The van der Waals surface area contributed by atoms with Crippen molar-refractivity contribution in [2.45, 2.75) is 0 Å². The highest BCUT2D eigenvalue weighted by atomic mass is 16.4. The van der Waals surface area contributed by atoms with Crippen LogP contribution in [0.1, 0.15) is 0 Å². The molecule has 0 aliphatic carbocycles. The highest BCUT2D eigenvalue weighted by Crippen LogP contribution is 2.31.